The number of hydrogen-bond acceptors (Lipinski definition) is 7. The molecule has 1 N–H and O–H groups in total. The second-order valence-corrected chi connectivity index (χ2v) is 7.99. The van der Waals surface area contributed by atoms with Crippen molar-refractivity contribution in [2.45, 2.75) is 19.5 Å². The van der Waals surface area contributed by atoms with E-state index in [2.05, 4.69) is 30.4 Å². The van der Waals surface area contributed by atoms with Crippen molar-refractivity contribution in [3.05, 3.63) is 65.1 Å². The summed E-state index contributed by atoms with van der Waals surface area (Å²) in [5.41, 5.74) is 0.855. The van der Waals surface area contributed by atoms with Crippen LogP contribution in [0.1, 0.15) is 28.4 Å². The van der Waals surface area contributed by atoms with E-state index in [1.165, 1.54) is 23.2 Å². The van der Waals surface area contributed by atoms with Gasteiger partial charge in [0.15, 0.2) is 5.82 Å². The van der Waals surface area contributed by atoms with E-state index in [4.69, 9.17) is 11.6 Å². The van der Waals surface area contributed by atoms with Crippen LogP contribution in [0, 0.1) is 0 Å². The summed E-state index contributed by atoms with van der Waals surface area (Å²) in [6.45, 7) is 0.965. The van der Waals surface area contributed by atoms with Crippen molar-refractivity contribution in [2.75, 3.05) is 11.9 Å². The summed E-state index contributed by atoms with van der Waals surface area (Å²) in [5, 5.41) is 7.42. The number of nitrogens with one attached hydrogen (secondary N) is 1. The van der Waals surface area contributed by atoms with Crippen molar-refractivity contribution in [1.82, 2.24) is 39.2 Å². The van der Waals surface area contributed by atoms with E-state index in [9.17, 15) is 13.6 Å². The predicted molar refractivity (Wildman–Crippen MR) is 119 cm³/mol. The fraction of sp³-hybridized carbons (Fsp3) is 0.238. The molecule has 0 fully saturated rings. The van der Waals surface area contributed by atoms with Gasteiger partial charge in [-0.15, -0.1) is 0 Å². The first kappa shape index (κ1) is 21.9. The fourth-order valence-electron chi connectivity index (χ4n) is 3.61. The van der Waals surface area contributed by atoms with Gasteiger partial charge < -0.3 is 14.8 Å². The molecular formula is C21H18ClF2N9O. The lowest BCUT2D eigenvalue weighted by Crippen LogP contribution is -2.40. The maximum atomic E-state index is 13.1. The summed E-state index contributed by atoms with van der Waals surface area (Å²) < 4.78 is 29.3. The molecule has 0 bridgehead atoms. The lowest BCUT2D eigenvalue weighted by molar-refractivity contribution is 0.0680. The summed E-state index contributed by atoms with van der Waals surface area (Å²) in [6.07, 6.45) is 2.13. The number of carbonyl (C=O) groups is 1. The molecule has 0 atom stereocenters. The number of amides is 1. The number of hydrogen-bond donors (Lipinski definition) is 1. The van der Waals surface area contributed by atoms with Crippen LogP contribution in [0.4, 0.5) is 20.5 Å². The molecule has 4 aromatic rings. The molecule has 0 unspecified atom stereocenters. The molecule has 4 aromatic heterocycles. The van der Waals surface area contributed by atoms with E-state index in [1.807, 2.05) is 0 Å². The first-order chi connectivity index (χ1) is 16.4. The lowest BCUT2D eigenvalue weighted by Gasteiger charge is -2.27. The molecule has 5 heterocycles. The molecule has 1 aliphatic heterocycles. The van der Waals surface area contributed by atoms with Crippen LogP contribution in [-0.4, -0.2) is 51.6 Å². The standard InChI is InChI=1S/C21H18ClF2N9O/c1-31-16(5-6-26-31)29-21-25-9-13(22)17(30-21)15-11-32-7-8-33(20(34)19(32)28-15)10-12-3-2-4-14(27-12)18(23)24/h2-6,9,11,18H,7-8,10H2,1H3,(H,25,29,30). The Kier molecular flexibility index (Phi) is 5.65. The van der Waals surface area contributed by atoms with Crippen LogP contribution in [0.2, 0.25) is 5.02 Å². The van der Waals surface area contributed by atoms with Gasteiger partial charge >= 0.3 is 0 Å². The van der Waals surface area contributed by atoms with Crippen LogP contribution < -0.4 is 5.32 Å². The fourth-order valence-corrected chi connectivity index (χ4v) is 3.80. The summed E-state index contributed by atoms with van der Waals surface area (Å²) in [7, 11) is 1.78. The minimum Gasteiger partial charge on any atom is -0.328 e. The zero-order valence-electron chi connectivity index (χ0n) is 17.9. The molecule has 174 valence electrons. The van der Waals surface area contributed by atoms with Gasteiger partial charge in [-0.1, -0.05) is 17.7 Å². The molecule has 10 nitrogen and oxygen atoms in total. The maximum Gasteiger partial charge on any atom is 0.290 e. The quantitative estimate of drug-likeness (QED) is 0.445. The Hall–Kier alpha value is -3.93. The molecule has 5 rings (SSSR count). The molecule has 0 radical (unpaired) electrons. The van der Waals surface area contributed by atoms with E-state index in [0.717, 1.165) is 0 Å². The van der Waals surface area contributed by atoms with Crippen molar-refractivity contribution in [2.24, 2.45) is 7.05 Å². The van der Waals surface area contributed by atoms with E-state index in [-0.39, 0.29) is 29.0 Å². The van der Waals surface area contributed by atoms with E-state index in [1.54, 1.807) is 40.8 Å². The van der Waals surface area contributed by atoms with E-state index in [0.29, 0.717) is 41.9 Å². The number of fused-ring (bicyclic) bond motifs is 1. The third kappa shape index (κ3) is 4.19. The highest BCUT2D eigenvalue weighted by atomic mass is 35.5. The van der Waals surface area contributed by atoms with Crippen LogP contribution in [-0.2, 0) is 20.1 Å². The number of aryl methyl sites for hydroxylation is 1. The largest absolute Gasteiger partial charge is 0.328 e. The lowest BCUT2D eigenvalue weighted by atomic mass is 10.2. The topological polar surface area (TPSA) is 107 Å². The number of pyridine rings is 1. The Labute approximate surface area is 197 Å². The number of imidazole rings is 1. The van der Waals surface area contributed by atoms with Crippen molar-refractivity contribution >= 4 is 29.3 Å². The average Bonchev–Trinajstić information content (AvgIpc) is 3.44. The second kappa shape index (κ2) is 8.78. The summed E-state index contributed by atoms with van der Waals surface area (Å²) in [6, 6.07) is 6.15. The van der Waals surface area contributed by atoms with Crippen LogP contribution in [0.15, 0.2) is 42.9 Å². The van der Waals surface area contributed by atoms with Crippen LogP contribution in [0.3, 0.4) is 0 Å². The van der Waals surface area contributed by atoms with Gasteiger partial charge in [0, 0.05) is 32.4 Å². The van der Waals surface area contributed by atoms with Crippen LogP contribution >= 0.6 is 11.6 Å². The Balaban J connectivity index is 1.39. The number of anilines is 2. The van der Waals surface area contributed by atoms with E-state index >= 15 is 0 Å². The summed E-state index contributed by atoms with van der Waals surface area (Å²) >= 11 is 6.34. The van der Waals surface area contributed by atoms with Gasteiger partial charge in [0.25, 0.3) is 12.3 Å². The van der Waals surface area contributed by atoms with Crippen molar-refractivity contribution in [3.8, 4) is 11.4 Å². The molecule has 0 spiro atoms. The van der Waals surface area contributed by atoms with Crippen molar-refractivity contribution < 1.29 is 13.6 Å². The predicted octanol–water partition coefficient (Wildman–Crippen LogP) is 3.46. The number of rotatable bonds is 6. The second-order valence-electron chi connectivity index (χ2n) is 7.58. The number of alkyl halides is 2. The molecule has 1 aliphatic rings. The smallest absolute Gasteiger partial charge is 0.290 e. The van der Waals surface area contributed by atoms with Gasteiger partial charge in [0.05, 0.1) is 29.7 Å². The minimum absolute atomic E-state index is 0.106. The average molecular weight is 486 g/mol. The zero-order valence-corrected chi connectivity index (χ0v) is 18.6. The van der Waals surface area contributed by atoms with Crippen molar-refractivity contribution in [1.29, 1.82) is 0 Å². The first-order valence-corrected chi connectivity index (χ1v) is 10.6. The molecule has 0 aliphatic carbocycles. The molecular weight excluding hydrogens is 468 g/mol. The normalized spacial score (nSPS) is 13.4. The summed E-state index contributed by atoms with van der Waals surface area (Å²) in [4.78, 5) is 31.7. The van der Waals surface area contributed by atoms with Crippen LogP contribution in [0.25, 0.3) is 11.4 Å². The number of aromatic nitrogens is 7. The molecule has 0 aromatic carbocycles. The van der Waals surface area contributed by atoms with Gasteiger partial charge in [-0.25, -0.2) is 28.7 Å². The van der Waals surface area contributed by atoms with Gasteiger partial charge in [-0.3, -0.25) is 9.48 Å². The molecule has 13 heteroatoms. The van der Waals surface area contributed by atoms with E-state index < -0.39 is 6.43 Å². The minimum atomic E-state index is -2.67. The summed E-state index contributed by atoms with van der Waals surface area (Å²) in [5.74, 6) is 0.863. The Morgan fingerprint density at radius 3 is 2.79 bits per heavy atom. The maximum absolute atomic E-state index is 13.1. The van der Waals surface area contributed by atoms with Gasteiger partial charge in [-0.2, -0.15) is 5.10 Å². The van der Waals surface area contributed by atoms with Crippen LogP contribution in [0.5, 0.6) is 0 Å². The monoisotopic (exact) mass is 485 g/mol. The highest BCUT2D eigenvalue weighted by molar-refractivity contribution is 6.32. The number of halogens is 3. The van der Waals surface area contributed by atoms with Gasteiger partial charge in [0.2, 0.25) is 5.95 Å². The number of carbonyl (C=O) groups excluding carboxylic acids is 1. The Morgan fingerprint density at radius 2 is 2.03 bits per heavy atom. The SMILES string of the molecule is Cn1nccc1Nc1ncc(Cl)c(-c2cn3c(n2)C(=O)N(Cc2cccc(C(F)F)n2)CC3)n1. The van der Waals surface area contributed by atoms with Gasteiger partial charge in [0.1, 0.15) is 22.9 Å². The third-order valence-electron chi connectivity index (χ3n) is 5.32. The molecule has 1 amide bonds. The molecule has 34 heavy (non-hydrogen) atoms. The zero-order chi connectivity index (χ0) is 23.8. The molecule has 0 saturated heterocycles. The number of nitrogens with zero attached hydrogens (tertiary/aromatic N) is 8. The highest BCUT2D eigenvalue weighted by Gasteiger charge is 2.28. The highest BCUT2D eigenvalue weighted by Crippen LogP contribution is 2.28. The van der Waals surface area contributed by atoms with Crippen molar-refractivity contribution in [3.63, 3.8) is 0 Å². The first-order valence-electron chi connectivity index (χ1n) is 10.3. The van der Waals surface area contributed by atoms with Gasteiger partial charge in [-0.05, 0) is 12.1 Å². The Bertz CT molecular complexity index is 1370. The Morgan fingerprint density at radius 1 is 1.18 bits per heavy atom. The molecule has 0 saturated carbocycles. The third-order valence-corrected chi connectivity index (χ3v) is 5.59.